The maximum atomic E-state index is 12.1. The van der Waals surface area contributed by atoms with Crippen LogP contribution in [0.4, 0.5) is 0 Å². The average molecular weight is 340 g/mol. The minimum absolute atomic E-state index is 0. The molecule has 0 unspecified atom stereocenters. The molecule has 0 fully saturated rings. The van der Waals surface area contributed by atoms with E-state index >= 15 is 0 Å². The summed E-state index contributed by atoms with van der Waals surface area (Å²) in [6.45, 7) is 3.74. The monoisotopic (exact) mass is 340 g/mol. The van der Waals surface area contributed by atoms with Crippen molar-refractivity contribution in [3.63, 3.8) is 0 Å². The quantitative estimate of drug-likeness (QED) is 0.331. The Bertz CT molecular complexity index is 841. The Morgan fingerprint density at radius 1 is 1.33 bits per heavy atom. The standard InChI is InChI=1S/C15H16N4O4.Na.H/c1-2-21-7-4-8-22-12-6-3-5-10-9-11(14-16-18-19-17-14)15(20)23-13(10)12;;/h3,5-6,9H,2,4,7-8H2,1H3,(H,16,17,18,19);;/q;+1;-1. The summed E-state index contributed by atoms with van der Waals surface area (Å²) in [5.74, 6) is 0.722. The van der Waals surface area contributed by atoms with E-state index in [2.05, 4.69) is 20.6 Å². The van der Waals surface area contributed by atoms with Crippen LogP contribution in [0.1, 0.15) is 14.8 Å². The second kappa shape index (κ2) is 8.93. The van der Waals surface area contributed by atoms with Gasteiger partial charge in [-0.15, -0.1) is 10.2 Å². The molecule has 0 aliphatic heterocycles. The van der Waals surface area contributed by atoms with Crippen molar-refractivity contribution in [3.05, 3.63) is 34.7 Å². The summed E-state index contributed by atoms with van der Waals surface area (Å²) in [5, 5.41) is 14.1. The fraction of sp³-hybridized carbons (Fsp3) is 0.333. The molecule has 2 aromatic heterocycles. The number of rotatable bonds is 7. The van der Waals surface area contributed by atoms with E-state index in [1.54, 1.807) is 12.1 Å². The molecule has 0 saturated heterocycles. The Labute approximate surface area is 161 Å². The van der Waals surface area contributed by atoms with Crippen molar-refractivity contribution in [2.24, 2.45) is 0 Å². The number of para-hydroxylation sites is 1. The summed E-state index contributed by atoms with van der Waals surface area (Å²) in [7, 11) is 0. The molecule has 0 atom stereocenters. The Balaban J connectivity index is 0.00000156. The number of benzene rings is 1. The molecular weight excluding hydrogens is 323 g/mol. The number of H-pyrrole nitrogens is 1. The molecule has 122 valence electrons. The number of fused-ring (bicyclic) bond motifs is 1. The summed E-state index contributed by atoms with van der Waals surface area (Å²) in [5.41, 5.74) is 0.116. The Kier molecular flexibility index (Phi) is 6.92. The summed E-state index contributed by atoms with van der Waals surface area (Å²) in [4.78, 5) is 12.1. The Morgan fingerprint density at radius 2 is 2.21 bits per heavy atom. The van der Waals surface area contributed by atoms with Crippen molar-refractivity contribution in [2.75, 3.05) is 19.8 Å². The van der Waals surface area contributed by atoms with Crippen molar-refractivity contribution in [1.29, 1.82) is 0 Å². The molecule has 0 radical (unpaired) electrons. The number of aromatic nitrogens is 4. The Morgan fingerprint density at radius 3 is 2.96 bits per heavy atom. The van der Waals surface area contributed by atoms with Gasteiger partial charge in [0.15, 0.2) is 11.3 Å². The van der Waals surface area contributed by atoms with Crippen LogP contribution in [-0.4, -0.2) is 40.4 Å². The van der Waals surface area contributed by atoms with Crippen LogP contribution in [0, 0.1) is 0 Å². The normalized spacial score (nSPS) is 10.5. The van der Waals surface area contributed by atoms with Crippen LogP contribution < -0.4 is 39.9 Å². The number of tetrazole rings is 1. The zero-order valence-electron chi connectivity index (χ0n) is 14.6. The third kappa shape index (κ3) is 4.21. The molecule has 0 spiro atoms. The van der Waals surface area contributed by atoms with Crippen molar-refractivity contribution in [1.82, 2.24) is 20.6 Å². The second-order valence-corrected chi connectivity index (χ2v) is 4.76. The first-order valence-corrected chi connectivity index (χ1v) is 7.31. The summed E-state index contributed by atoms with van der Waals surface area (Å²) < 4.78 is 16.3. The topological polar surface area (TPSA) is 103 Å². The predicted molar refractivity (Wildman–Crippen MR) is 83.4 cm³/mol. The molecule has 0 saturated carbocycles. The van der Waals surface area contributed by atoms with E-state index in [0.717, 1.165) is 11.8 Å². The van der Waals surface area contributed by atoms with Gasteiger partial charge in [-0.1, -0.05) is 12.1 Å². The van der Waals surface area contributed by atoms with Gasteiger partial charge in [-0.3, -0.25) is 0 Å². The van der Waals surface area contributed by atoms with Crippen LogP contribution in [0.3, 0.4) is 0 Å². The molecule has 0 amide bonds. The predicted octanol–water partition coefficient (Wildman–Crippen LogP) is -1.10. The first kappa shape index (κ1) is 18.6. The van der Waals surface area contributed by atoms with Crippen LogP contribution in [0.15, 0.2) is 33.5 Å². The second-order valence-electron chi connectivity index (χ2n) is 4.76. The van der Waals surface area contributed by atoms with E-state index in [1.807, 2.05) is 19.1 Å². The van der Waals surface area contributed by atoms with Gasteiger partial charge in [0.2, 0.25) is 5.82 Å². The smallest absolute Gasteiger partial charge is 1.00 e. The van der Waals surface area contributed by atoms with Gasteiger partial charge < -0.3 is 15.3 Å². The minimum Gasteiger partial charge on any atom is -1.00 e. The van der Waals surface area contributed by atoms with E-state index in [4.69, 9.17) is 13.9 Å². The fourth-order valence-corrected chi connectivity index (χ4v) is 2.15. The third-order valence-corrected chi connectivity index (χ3v) is 3.20. The van der Waals surface area contributed by atoms with Crippen LogP contribution in [0.5, 0.6) is 5.75 Å². The number of nitrogens with zero attached hydrogens (tertiary/aromatic N) is 3. The van der Waals surface area contributed by atoms with E-state index in [-0.39, 0.29) is 42.4 Å². The maximum absolute atomic E-state index is 12.1. The van der Waals surface area contributed by atoms with Crippen LogP contribution in [0.2, 0.25) is 0 Å². The summed E-state index contributed by atoms with van der Waals surface area (Å²) in [6, 6.07) is 7.09. The molecule has 0 aliphatic carbocycles. The zero-order valence-corrected chi connectivity index (χ0v) is 15.6. The van der Waals surface area contributed by atoms with Crippen molar-refractivity contribution in [3.8, 4) is 17.1 Å². The molecule has 3 aromatic rings. The molecule has 24 heavy (non-hydrogen) atoms. The van der Waals surface area contributed by atoms with E-state index < -0.39 is 5.63 Å². The van der Waals surface area contributed by atoms with Crippen LogP contribution in [0.25, 0.3) is 22.4 Å². The van der Waals surface area contributed by atoms with Gasteiger partial charge in [0.1, 0.15) is 5.56 Å². The molecule has 8 nitrogen and oxygen atoms in total. The van der Waals surface area contributed by atoms with E-state index in [1.165, 1.54) is 0 Å². The van der Waals surface area contributed by atoms with Crippen molar-refractivity contribution in [2.45, 2.75) is 13.3 Å². The maximum Gasteiger partial charge on any atom is 1.00 e. The number of ether oxygens (including phenoxy) is 2. The molecular formula is C15H17N4NaO4. The van der Waals surface area contributed by atoms with E-state index in [9.17, 15) is 4.79 Å². The van der Waals surface area contributed by atoms with Gasteiger partial charge in [0.25, 0.3) is 0 Å². The summed E-state index contributed by atoms with van der Waals surface area (Å²) in [6.07, 6.45) is 0.759. The fourth-order valence-electron chi connectivity index (χ4n) is 2.15. The molecule has 1 N–H and O–H groups in total. The summed E-state index contributed by atoms with van der Waals surface area (Å²) >= 11 is 0. The Hall–Kier alpha value is -1.74. The number of hydrogen-bond acceptors (Lipinski definition) is 7. The van der Waals surface area contributed by atoms with Gasteiger partial charge in [0, 0.05) is 25.0 Å². The molecule has 9 heteroatoms. The molecule has 0 bridgehead atoms. The molecule has 2 heterocycles. The zero-order chi connectivity index (χ0) is 16.1. The van der Waals surface area contributed by atoms with Gasteiger partial charge in [-0.25, -0.2) is 4.79 Å². The number of nitrogens with one attached hydrogen (secondary N) is 1. The number of hydrogen-bond donors (Lipinski definition) is 1. The molecule has 0 aliphatic rings. The van der Waals surface area contributed by atoms with Crippen molar-refractivity contribution < 1.29 is 44.9 Å². The average Bonchev–Trinajstić information content (AvgIpc) is 3.08. The van der Waals surface area contributed by atoms with Crippen LogP contribution >= 0.6 is 0 Å². The number of aromatic amines is 1. The first-order chi connectivity index (χ1) is 11.3. The minimum atomic E-state index is -0.538. The largest absolute Gasteiger partial charge is 1.00 e. The first-order valence-electron chi connectivity index (χ1n) is 7.31. The molecule has 3 rings (SSSR count). The SMILES string of the molecule is CCOCCCOc1cccc2cc(-c3nn[nH]n3)c(=O)oc12.[H-].[Na+]. The van der Waals surface area contributed by atoms with Crippen LogP contribution in [-0.2, 0) is 4.74 Å². The van der Waals surface area contributed by atoms with Gasteiger partial charge >= 0.3 is 35.2 Å². The third-order valence-electron chi connectivity index (χ3n) is 3.20. The van der Waals surface area contributed by atoms with Crippen molar-refractivity contribution >= 4 is 11.0 Å². The molecule has 1 aromatic carbocycles. The van der Waals surface area contributed by atoms with Gasteiger partial charge in [0.05, 0.1) is 6.61 Å². The van der Waals surface area contributed by atoms with E-state index in [0.29, 0.717) is 31.2 Å². The van der Waals surface area contributed by atoms with Gasteiger partial charge in [-0.2, -0.15) is 5.21 Å². The van der Waals surface area contributed by atoms with Gasteiger partial charge in [-0.05, 0) is 24.3 Å².